The molecule has 1 unspecified atom stereocenters. The summed E-state index contributed by atoms with van der Waals surface area (Å²) in [6.07, 6.45) is 7.60. The van der Waals surface area contributed by atoms with E-state index in [1.165, 1.54) is 30.3 Å². The first-order valence-corrected chi connectivity index (χ1v) is 14.6. The van der Waals surface area contributed by atoms with Crippen molar-refractivity contribution in [1.82, 2.24) is 0 Å². The van der Waals surface area contributed by atoms with E-state index in [9.17, 15) is 17.6 Å². The first kappa shape index (κ1) is 31.5. The molecule has 0 spiro atoms. The molecule has 8 heteroatoms. The maximum absolute atomic E-state index is 15.2. The molecular formula is C34H36F6O2. The fourth-order valence-electron chi connectivity index (χ4n) is 5.14. The maximum Gasteiger partial charge on any atom is 0.201 e. The highest BCUT2D eigenvalue weighted by molar-refractivity contribution is 5.72. The Morgan fingerprint density at radius 2 is 1.17 bits per heavy atom. The number of aryl methyl sites for hydroxylation is 1. The van der Waals surface area contributed by atoms with Crippen molar-refractivity contribution in [2.75, 3.05) is 13.2 Å². The Morgan fingerprint density at radius 1 is 0.643 bits per heavy atom. The summed E-state index contributed by atoms with van der Waals surface area (Å²) in [5.41, 5.74) is 0.199. The van der Waals surface area contributed by atoms with Crippen LogP contribution >= 0.6 is 0 Å². The molecule has 0 saturated carbocycles. The lowest BCUT2D eigenvalue weighted by molar-refractivity contribution is 0.288. The predicted octanol–water partition coefficient (Wildman–Crippen LogP) is 10.4. The molecule has 0 saturated heterocycles. The normalized spacial score (nSPS) is 15.0. The van der Waals surface area contributed by atoms with E-state index in [-0.39, 0.29) is 46.3 Å². The van der Waals surface area contributed by atoms with Crippen molar-refractivity contribution in [1.29, 1.82) is 0 Å². The van der Waals surface area contributed by atoms with Gasteiger partial charge in [0.15, 0.2) is 34.8 Å². The highest BCUT2D eigenvalue weighted by atomic mass is 19.2. The average molecular weight is 591 g/mol. The fraction of sp³-hybridized carbons (Fsp3) is 0.412. The first-order chi connectivity index (χ1) is 20.3. The number of unbranched alkanes of at least 4 members (excludes halogenated alkanes) is 2. The van der Waals surface area contributed by atoms with E-state index < -0.39 is 34.9 Å². The molecule has 42 heavy (non-hydrogen) atoms. The largest absolute Gasteiger partial charge is 0.490 e. The molecule has 0 aromatic heterocycles. The van der Waals surface area contributed by atoms with E-state index in [1.54, 1.807) is 6.07 Å². The van der Waals surface area contributed by atoms with Crippen LogP contribution in [0.3, 0.4) is 0 Å². The third-order valence-corrected chi connectivity index (χ3v) is 7.74. The van der Waals surface area contributed by atoms with Crippen LogP contribution in [-0.4, -0.2) is 13.2 Å². The number of benzene rings is 3. The minimum absolute atomic E-state index is 0.0712. The van der Waals surface area contributed by atoms with Gasteiger partial charge in [0, 0.05) is 16.7 Å². The summed E-state index contributed by atoms with van der Waals surface area (Å²) in [6.45, 7) is 4.46. The smallest absolute Gasteiger partial charge is 0.201 e. The SMILES string of the molecule is CCCCOc1ccc(CCC2CC=C(c3ccc(-c4ccc(OCCCC)c(F)c4F)c(F)c3F)CC2)c(F)c1F. The van der Waals surface area contributed by atoms with E-state index in [1.807, 2.05) is 19.9 Å². The van der Waals surface area contributed by atoms with Crippen LogP contribution in [0.5, 0.6) is 11.5 Å². The number of hydrogen-bond donors (Lipinski definition) is 0. The minimum atomic E-state index is -1.30. The standard InChI is InChI=1S/C34H36F6O2/c1-3-5-19-41-27-17-13-23(29(35)33(27)39)12-9-21-7-10-22(11-8-21)24-14-15-25(31(37)30(24)36)26-16-18-28(34(40)32(26)38)42-20-6-4-2/h10,13-18,21H,3-9,11-12,19-20H2,1-2H3. The summed E-state index contributed by atoms with van der Waals surface area (Å²) in [5, 5.41) is 0. The van der Waals surface area contributed by atoms with Gasteiger partial charge in [-0.25, -0.2) is 17.6 Å². The molecule has 0 bridgehead atoms. The van der Waals surface area contributed by atoms with Gasteiger partial charge in [0.05, 0.1) is 13.2 Å². The summed E-state index contributed by atoms with van der Waals surface area (Å²) < 4.78 is 99.2. The Morgan fingerprint density at radius 3 is 1.76 bits per heavy atom. The van der Waals surface area contributed by atoms with Crippen LogP contribution in [0.25, 0.3) is 16.7 Å². The van der Waals surface area contributed by atoms with E-state index in [4.69, 9.17) is 9.47 Å². The van der Waals surface area contributed by atoms with E-state index in [2.05, 4.69) is 0 Å². The van der Waals surface area contributed by atoms with Crippen LogP contribution in [0.15, 0.2) is 42.5 Å². The molecule has 3 aromatic carbocycles. The first-order valence-electron chi connectivity index (χ1n) is 14.6. The molecule has 0 aliphatic heterocycles. The molecule has 0 amide bonds. The van der Waals surface area contributed by atoms with Gasteiger partial charge in [0.2, 0.25) is 11.6 Å². The minimum Gasteiger partial charge on any atom is -0.490 e. The third-order valence-electron chi connectivity index (χ3n) is 7.74. The molecule has 1 atom stereocenters. The van der Waals surface area contributed by atoms with Crippen molar-refractivity contribution in [3.8, 4) is 22.6 Å². The van der Waals surface area contributed by atoms with Crippen molar-refractivity contribution in [3.63, 3.8) is 0 Å². The number of hydrogen-bond acceptors (Lipinski definition) is 2. The molecule has 0 fully saturated rings. The van der Waals surface area contributed by atoms with E-state index >= 15 is 8.78 Å². The lowest BCUT2D eigenvalue weighted by Gasteiger charge is -2.23. The average Bonchev–Trinajstić information content (AvgIpc) is 2.99. The van der Waals surface area contributed by atoms with Gasteiger partial charge in [-0.05, 0) is 80.2 Å². The van der Waals surface area contributed by atoms with Crippen molar-refractivity contribution >= 4 is 5.57 Å². The molecule has 2 nitrogen and oxygen atoms in total. The van der Waals surface area contributed by atoms with Crippen molar-refractivity contribution in [2.45, 2.75) is 71.6 Å². The number of rotatable bonds is 13. The molecule has 3 aromatic rings. The van der Waals surface area contributed by atoms with Gasteiger partial charge in [0.25, 0.3) is 0 Å². The summed E-state index contributed by atoms with van der Waals surface area (Å²) in [4.78, 5) is 0. The molecule has 1 aliphatic carbocycles. The van der Waals surface area contributed by atoms with Crippen molar-refractivity contribution in [3.05, 3.63) is 88.5 Å². The second-order valence-electron chi connectivity index (χ2n) is 10.7. The zero-order valence-corrected chi connectivity index (χ0v) is 24.0. The van der Waals surface area contributed by atoms with E-state index in [0.29, 0.717) is 50.7 Å². The highest BCUT2D eigenvalue weighted by Crippen LogP contribution is 2.38. The van der Waals surface area contributed by atoms with Gasteiger partial charge < -0.3 is 9.47 Å². The number of allylic oxidation sites excluding steroid dienone is 2. The van der Waals surface area contributed by atoms with Gasteiger partial charge in [0.1, 0.15) is 0 Å². The summed E-state index contributed by atoms with van der Waals surface area (Å²) >= 11 is 0. The Labute approximate surface area is 243 Å². The topological polar surface area (TPSA) is 18.5 Å². The van der Waals surface area contributed by atoms with Crippen LogP contribution in [0.4, 0.5) is 26.3 Å². The summed E-state index contributed by atoms with van der Waals surface area (Å²) in [5.74, 6) is -7.00. The van der Waals surface area contributed by atoms with Crippen LogP contribution in [0.2, 0.25) is 0 Å². The summed E-state index contributed by atoms with van der Waals surface area (Å²) in [7, 11) is 0. The lowest BCUT2D eigenvalue weighted by atomic mass is 9.83. The molecule has 0 heterocycles. The fourth-order valence-corrected chi connectivity index (χ4v) is 5.14. The maximum atomic E-state index is 15.2. The third kappa shape index (κ3) is 7.13. The quantitative estimate of drug-likeness (QED) is 0.146. The molecule has 1 aliphatic rings. The molecule has 226 valence electrons. The van der Waals surface area contributed by atoms with Crippen molar-refractivity contribution < 1.29 is 35.8 Å². The Hall–Kier alpha value is -3.42. The molecule has 4 rings (SSSR count). The van der Waals surface area contributed by atoms with Gasteiger partial charge in [-0.15, -0.1) is 0 Å². The van der Waals surface area contributed by atoms with Crippen LogP contribution < -0.4 is 9.47 Å². The van der Waals surface area contributed by atoms with Gasteiger partial charge in [-0.1, -0.05) is 51.0 Å². The monoisotopic (exact) mass is 590 g/mol. The zero-order chi connectivity index (χ0) is 30.2. The van der Waals surface area contributed by atoms with E-state index in [0.717, 1.165) is 19.3 Å². The van der Waals surface area contributed by atoms with Gasteiger partial charge >= 0.3 is 0 Å². The van der Waals surface area contributed by atoms with Crippen molar-refractivity contribution in [2.24, 2.45) is 5.92 Å². The molecular weight excluding hydrogens is 554 g/mol. The number of halogens is 6. The molecule has 0 N–H and O–H groups in total. The second-order valence-corrected chi connectivity index (χ2v) is 10.7. The number of ether oxygens (including phenoxy) is 2. The summed E-state index contributed by atoms with van der Waals surface area (Å²) in [6, 6.07) is 8.04. The Balaban J connectivity index is 1.41. The van der Waals surface area contributed by atoms with Crippen LogP contribution in [0, 0.1) is 40.8 Å². The van der Waals surface area contributed by atoms with Gasteiger partial charge in [-0.3, -0.25) is 0 Å². The Kier molecular flexibility index (Phi) is 11.0. The predicted molar refractivity (Wildman–Crippen MR) is 153 cm³/mol. The Bertz CT molecular complexity index is 1420. The highest BCUT2D eigenvalue weighted by Gasteiger charge is 2.24. The van der Waals surface area contributed by atoms with Crippen LogP contribution in [-0.2, 0) is 6.42 Å². The molecule has 0 radical (unpaired) electrons. The second kappa shape index (κ2) is 14.7. The lowest BCUT2D eigenvalue weighted by Crippen LogP contribution is -2.09. The zero-order valence-electron chi connectivity index (χ0n) is 24.0. The van der Waals surface area contributed by atoms with Crippen LogP contribution in [0.1, 0.15) is 76.3 Å². The van der Waals surface area contributed by atoms with Gasteiger partial charge in [-0.2, -0.15) is 8.78 Å².